The van der Waals surface area contributed by atoms with Gasteiger partial charge in [0.2, 0.25) is 0 Å². The predicted molar refractivity (Wildman–Crippen MR) is 251 cm³/mol. The zero-order valence-corrected chi connectivity index (χ0v) is 37.8. The van der Waals surface area contributed by atoms with Gasteiger partial charge in [-0.2, -0.15) is 0 Å². The molecule has 1 amide bonds. The van der Waals surface area contributed by atoms with Crippen LogP contribution in [0.5, 0.6) is 11.5 Å². The maximum atomic E-state index is 14.0. The predicted octanol–water partition coefficient (Wildman–Crippen LogP) is 9.30. The molecule has 336 valence electrons. The molecule has 5 aromatic rings. The van der Waals surface area contributed by atoms with Crippen molar-refractivity contribution in [3.05, 3.63) is 117 Å². The van der Waals surface area contributed by atoms with Gasteiger partial charge in [0, 0.05) is 85.3 Å². The van der Waals surface area contributed by atoms with Gasteiger partial charge in [0.05, 0.1) is 21.6 Å². The molecule has 4 aliphatic rings. The van der Waals surface area contributed by atoms with E-state index in [4.69, 9.17) is 16.3 Å². The Labute approximate surface area is 379 Å². The summed E-state index contributed by atoms with van der Waals surface area (Å²) in [5.74, 6) is -0.443. The van der Waals surface area contributed by atoms with Crippen LogP contribution < -0.4 is 25.0 Å². The number of aromatic amines is 1. The molecule has 1 aliphatic heterocycles. The fourth-order valence-electron chi connectivity index (χ4n) is 9.38. The van der Waals surface area contributed by atoms with Gasteiger partial charge in [-0.1, -0.05) is 43.2 Å². The average Bonchev–Trinajstić information content (AvgIpc) is 3.97. The van der Waals surface area contributed by atoms with E-state index < -0.39 is 25.7 Å². The fraction of sp³-hybridized carbons (Fsp3) is 0.417. The van der Waals surface area contributed by atoms with Crippen molar-refractivity contribution in [1.29, 1.82) is 0 Å². The lowest BCUT2D eigenvalue weighted by Gasteiger charge is -2.39. The Bertz CT molecular complexity index is 2680. The highest BCUT2D eigenvalue weighted by molar-refractivity contribution is 7.90. The van der Waals surface area contributed by atoms with Crippen molar-refractivity contribution < 1.29 is 22.9 Å². The summed E-state index contributed by atoms with van der Waals surface area (Å²) in [6.45, 7) is 8.67. The Morgan fingerprint density at radius 1 is 0.938 bits per heavy atom. The second kappa shape index (κ2) is 18.2. The van der Waals surface area contributed by atoms with Crippen LogP contribution in [0.25, 0.3) is 16.6 Å². The second-order valence-corrected chi connectivity index (χ2v) is 20.7. The number of carbonyl (C=O) groups is 1. The summed E-state index contributed by atoms with van der Waals surface area (Å²) >= 11 is 6.25. The molecule has 1 saturated heterocycles. The molecule has 16 heteroatoms. The number of fused-ring (bicyclic) bond motifs is 1. The first kappa shape index (κ1) is 43.8. The van der Waals surface area contributed by atoms with Crippen LogP contribution in [0.4, 0.5) is 17.1 Å². The van der Waals surface area contributed by atoms with E-state index in [0.717, 1.165) is 99.8 Å². The number of pyridine rings is 1. The Hall–Kier alpha value is -5.48. The number of allylic oxidation sites excluding steroid dienone is 1. The first-order valence-corrected chi connectivity index (χ1v) is 24.2. The van der Waals surface area contributed by atoms with Crippen molar-refractivity contribution in [3.63, 3.8) is 0 Å². The normalized spacial score (nSPS) is 20.6. The van der Waals surface area contributed by atoms with Crippen LogP contribution in [0.3, 0.4) is 0 Å². The summed E-state index contributed by atoms with van der Waals surface area (Å²) in [5, 5.41) is 20.7. The third kappa shape index (κ3) is 10.2. The molecule has 3 aromatic carbocycles. The van der Waals surface area contributed by atoms with Gasteiger partial charge in [-0.3, -0.25) is 19.8 Å². The van der Waals surface area contributed by atoms with Crippen molar-refractivity contribution >= 4 is 61.2 Å². The fourth-order valence-corrected chi connectivity index (χ4v) is 10.5. The monoisotopic (exact) mass is 906 g/mol. The molecule has 0 unspecified atom stereocenters. The Morgan fingerprint density at radius 3 is 2.38 bits per heavy atom. The SMILES string of the molecule is CC1(C)CCC(CN2CCN(c3ccc(C(=O)NS(=O)(=O)c4ccc(NC5CCC(NC6CC6)CC5)c([N+](=O)[O-])c4)c(Oc4cnc5[nH]ccc5c4)c3)CC2)=C(c2ccc(Cl)cc2)C1. The Kier molecular flexibility index (Phi) is 12.4. The number of carbonyl (C=O) groups excluding carboxylic acids is 1. The molecule has 3 fully saturated rings. The second-order valence-electron chi connectivity index (χ2n) is 18.6. The van der Waals surface area contributed by atoms with Crippen LogP contribution in [0.1, 0.15) is 87.6 Å². The van der Waals surface area contributed by atoms with Gasteiger partial charge < -0.3 is 25.3 Å². The number of amides is 1. The van der Waals surface area contributed by atoms with E-state index in [2.05, 4.69) is 61.1 Å². The number of hydrogen-bond acceptors (Lipinski definition) is 11. The van der Waals surface area contributed by atoms with E-state index in [1.807, 2.05) is 18.2 Å². The standard InChI is InChI=1S/C48H55ClN8O6S/c1-48(2)19-17-33(42(28-48)31-3-5-34(49)6-4-31)30-55-21-23-56(24-22-55)38-13-15-41(45(26-38)63-39-25-32-18-20-50-46(32)51-29-39)47(58)54-64(61,62)40-14-16-43(44(27-40)57(59)60)53-37-11-9-36(10-12-37)52-35-7-8-35/h3-6,13-16,18,20,25-27,29,35-37,52-53H,7-12,17,19,21-24,28,30H2,1-2H3,(H,50,51)(H,54,58). The highest BCUT2D eigenvalue weighted by atomic mass is 35.5. The molecule has 14 nitrogen and oxygen atoms in total. The van der Waals surface area contributed by atoms with Gasteiger partial charge in [0.1, 0.15) is 22.8 Å². The van der Waals surface area contributed by atoms with Crippen LogP contribution in [0, 0.1) is 15.5 Å². The summed E-state index contributed by atoms with van der Waals surface area (Å²) < 4.78 is 36.1. The van der Waals surface area contributed by atoms with E-state index in [9.17, 15) is 23.3 Å². The molecule has 0 atom stereocenters. The van der Waals surface area contributed by atoms with E-state index in [-0.39, 0.29) is 34.1 Å². The topological polar surface area (TPSA) is 175 Å². The minimum Gasteiger partial charge on any atom is -0.455 e. The number of benzene rings is 3. The van der Waals surface area contributed by atoms with Gasteiger partial charge in [-0.15, -0.1) is 0 Å². The lowest BCUT2D eigenvalue weighted by molar-refractivity contribution is -0.384. The van der Waals surface area contributed by atoms with E-state index in [0.29, 0.717) is 23.5 Å². The summed E-state index contributed by atoms with van der Waals surface area (Å²) in [5.41, 5.74) is 5.67. The van der Waals surface area contributed by atoms with E-state index >= 15 is 0 Å². The zero-order valence-electron chi connectivity index (χ0n) is 36.2. The number of halogens is 1. The molecule has 9 rings (SSSR count). The maximum absolute atomic E-state index is 14.0. The van der Waals surface area contributed by atoms with Crippen molar-refractivity contribution in [2.45, 2.75) is 94.7 Å². The summed E-state index contributed by atoms with van der Waals surface area (Å²) in [7, 11) is -4.55. The van der Waals surface area contributed by atoms with Crippen LogP contribution in [0.2, 0.25) is 5.02 Å². The smallest absolute Gasteiger partial charge is 0.293 e. The number of ether oxygens (including phenoxy) is 1. The number of hydrogen-bond donors (Lipinski definition) is 4. The third-order valence-electron chi connectivity index (χ3n) is 13.2. The zero-order chi connectivity index (χ0) is 44.6. The molecule has 0 bridgehead atoms. The number of nitro benzene ring substituents is 1. The van der Waals surface area contributed by atoms with Gasteiger partial charge in [-0.05, 0) is 123 Å². The Balaban J connectivity index is 0.912. The number of anilines is 2. The highest BCUT2D eigenvalue weighted by Crippen LogP contribution is 2.44. The number of nitro groups is 1. The van der Waals surface area contributed by atoms with Gasteiger partial charge in [0.15, 0.2) is 0 Å². The van der Waals surface area contributed by atoms with Crippen LogP contribution >= 0.6 is 11.6 Å². The quantitative estimate of drug-likeness (QED) is 0.0618. The van der Waals surface area contributed by atoms with Crippen molar-refractivity contribution in [2.75, 3.05) is 42.9 Å². The van der Waals surface area contributed by atoms with Crippen molar-refractivity contribution in [3.8, 4) is 11.5 Å². The molecule has 3 aliphatic carbocycles. The van der Waals surface area contributed by atoms with Crippen molar-refractivity contribution in [1.82, 2.24) is 24.9 Å². The molecule has 2 aromatic heterocycles. The first-order valence-electron chi connectivity index (χ1n) is 22.3. The van der Waals surface area contributed by atoms with Crippen LogP contribution in [-0.4, -0.2) is 85.0 Å². The highest BCUT2D eigenvalue weighted by Gasteiger charge is 2.32. The molecule has 64 heavy (non-hydrogen) atoms. The van der Waals surface area contributed by atoms with E-state index in [1.54, 1.807) is 30.5 Å². The molecule has 0 radical (unpaired) electrons. The van der Waals surface area contributed by atoms with Crippen molar-refractivity contribution in [2.24, 2.45) is 5.41 Å². The number of nitrogens with one attached hydrogen (secondary N) is 4. The molecule has 0 spiro atoms. The van der Waals surface area contributed by atoms with Crippen LogP contribution in [-0.2, 0) is 10.0 Å². The molecule has 3 heterocycles. The minimum absolute atomic E-state index is 0.0255. The molecule has 4 N–H and O–H groups in total. The first-order chi connectivity index (χ1) is 30.7. The lowest BCUT2D eigenvalue weighted by atomic mass is 9.72. The number of rotatable bonds is 14. The number of aromatic nitrogens is 2. The number of nitrogens with zero attached hydrogens (tertiary/aromatic N) is 4. The number of piperazine rings is 1. The summed E-state index contributed by atoms with van der Waals surface area (Å²) in [6.07, 6.45) is 12.6. The van der Waals surface area contributed by atoms with E-state index in [1.165, 1.54) is 47.9 Å². The largest absolute Gasteiger partial charge is 0.455 e. The molecule has 2 saturated carbocycles. The number of sulfonamides is 1. The van der Waals surface area contributed by atoms with Gasteiger partial charge in [0.25, 0.3) is 21.6 Å². The maximum Gasteiger partial charge on any atom is 0.293 e. The van der Waals surface area contributed by atoms with Crippen LogP contribution in [0.15, 0.2) is 95.7 Å². The average molecular weight is 908 g/mol. The van der Waals surface area contributed by atoms with Gasteiger partial charge in [-0.25, -0.2) is 18.1 Å². The summed E-state index contributed by atoms with van der Waals surface area (Å²) in [4.78, 5) is 37.5. The molecular formula is C48H55ClN8O6S. The summed E-state index contributed by atoms with van der Waals surface area (Å²) in [6, 6.07) is 21.7. The Morgan fingerprint density at radius 2 is 1.66 bits per heavy atom. The third-order valence-corrected chi connectivity index (χ3v) is 14.8. The lowest BCUT2D eigenvalue weighted by Crippen LogP contribution is -2.47. The minimum atomic E-state index is -4.55. The molecular weight excluding hydrogens is 852 g/mol. The van der Waals surface area contributed by atoms with Gasteiger partial charge >= 0.3 is 0 Å². The number of H-pyrrole nitrogens is 1.